The van der Waals surface area contributed by atoms with Crippen molar-refractivity contribution in [3.05, 3.63) is 54.2 Å². The highest BCUT2D eigenvalue weighted by molar-refractivity contribution is 7.16. The number of para-hydroxylation sites is 1. The highest BCUT2D eigenvalue weighted by atomic mass is 32.1. The Bertz CT molecular complexity index is 1360. The van der Waals surface area contributed by atoms with E-state index in [-0.39, 0.29) is 12.5 Å². The molecule has 144 valence electrons. The predicted molar refractivity (Wildman–Crippen MR) is 112 cm³/mol. The number of fused-ring (bicyclic) bond motifs is 4. The number of ether oxygens (including phenoxy) is 2. The smallest absolute Gasteiger partial charge is 0.262 e. The maximum Gasteiger partial charge on any atom is 0.262 e. The molecule has 0 saturated heterocycles. The van der Waals surface area contributed by atoms with Crippen molar-refractivity contribution in [2.24, 2.45) is 0 Å². The van der Waals surface area contributed by atoms with Gasteiger partial charge in [0.25, 0.3) is 5.91 Å². The standard InChI is InChI=1S/C21H15N3O4S/c1-26-18-8-14-12-4-2-3-5-16(12)28-17(14)9-15(18)24-19(25)10-27-20-13-6-7-29-21(13)23-11-22-20/h2-9,11H,10H2,1H3,(H,24,25). The van der Waals surface area contributed by atoms with Gasteiger partial charge in [-0.1, -0.05) is 18.2 Å². The van der Waals surface area contributed by atoms with Crippen molar-refractivity contribution >= 4 is 55.1 Å². The second-order valence-corrected chi connectivity index (χ2v) is 7.20. The lowest BCUT2D eigenvalue weighted by Crippen LogP contribution is -2.20. The van der Waals surface area contributed by atoms with Crippen molar-refractivity contribution in [1.29, 1.82) is 0 Å². The van der Waals surface area contributed by atoms with E-state index in [4.69, 9.17) is 13.9 Å². The third-order valence-corrected chi connectivity index (χ3v) is 5.36. The molecule has 5 aromatic rings. The minimum atomic E-state index is -0.333. The lowest BCUT2D eigenvalue weighted by molar-refractivity contribution is -0.118. The quantitative estimate of drug-likeness (QED) is 0.459. The molecule has 0 aliphatic rings. The normalized spacial score (nSPS) is 11.2. The molecule has 1 N–H and O–H groups in total. The molecule has 0 aliphatic heterocycles. The first-order valence-corrected chi connectivity index (χ1v) is 9.71. The van der Waals surface area contributed by atoms with E-state index >= 15 is 0 Å². The maximum atomic E-state index is 12.5. The van der Waals surface area contributed by atoms with Gasteiger partial charge in [-0.3, -0.25) is 4.79 Å². The zero-order valence-corrected chi connectivity index (χ0v) is 16.2. The Hall–Kier alpha value is -3.65. The molecule has 3 aromatic heterocycles. The van der Waals surface area contributed by atoms with E-state index in [1.165, 1.54) is 17.7 Å². The molecule has 3 heterocycles. The van der Waals surface area contributed by atoms with Crippen LogP contribution < -0.4 is 14.8 Å². The average molecular weight is 405 g/mol. The molecule has 8 heteroatoms. The van der Waals surface area contributed by atoms with Gasteiger partial charge in [-0.15, -0.1) is 11.3 Å². The van der Waals surface area contributed by atoms with Gasteiger partial charge in [0.15, 0.2) is 6.61 Å². The fraction of sp³-hybridized carbons (Fsp3) is 0.0952. The molecule has 0 aliphatic carbocycles. The Morgan fingerprint density at radius 1 is 1.10 bits per heavy atom. The van der Waals surface area contributed by atoms with Crippen LogP contribution >= 0.6 is 11.3 Å². The Morgan fingerprint density at radius 2 is 2.00 bits per heavy atom. The largest absolute Gasteiger partial charge is 0.495 e. The van der Waals surface area contributed by atoms with Crippen molar-refractivity contribution in [1.82, 2.24) is 9.97 Å². The van der Waals surface area contributed by atoms with Crippen molar-refractivity contribution in [3.8, 4) is 11.6 Å². The van der Waals surface area contributed by atoms with Gasteiger partial charge in [0, 0.05) is 16.8 Å². The molecule has 7 nitrogen and oxygen atoms in total. The number of benzene rings is 2. The summed E-state index contributed by atoms with van der Waals surface area (Å²) in [6, 6.07) is 13.2. The average Bonchev–Trinajstić information content (AvgIpc) is 3.36. The minimum absolute atomic E-state index is 0.191. The zero-order chi connectivity index (χ0) is 19.8. The summed E-state index contributed by atoms with van der Waals surface area (Å²) in [5, 5.41) is 7.42. The number of furan rings is 1. The third-order valence-electron chi connectivity index (χ3n) is 4.54. The fourth-order valence-electron chi connectivity index (χ4n) is 3.22. The van der Waals surface area contributed by atoms with Gasteiger partial charge in [0.05, 0.1) is 18.2 Å². The van der Waals surface area contributed by atoms with E-state index in [0.717, 1.165) is 26.6 Å². The molecule has 0 unspecified atom stereocenters. The molecular weight excluding hydrogens is 390 g/mol. The Kier molecular flexibility index (Phi) is 4.25. The highest BCUT2D eigenvalue weighted by Crippen LogP contribution is 2.36. The van der Waals surface area contributed by atoms with Crippen LogP contribution in [0.15, 0.2) is 58.6 Å². The summed E-state index contributed by atoms with van der Waals surface area (Å²) < 4.78 is 17.0. The molecule has 0 atom stereocenters. The minimum Gasteiger partial charge on any atom is -0.495 e. The first-order valence-electron chi connectivity index (χ1n) is 8.83. The van der Waals surface area contributed by atoms with E-state index in [0.29, 0.717) is 22.9 Å². The molecule has 0 fully saturated rings. The summed E-state index contributed by atoms with van der Waals surface area (Å²) in [6.45, 7) is -0.191. The Balaban J connectivity index is 1.39. The first-order chi connectivity index (χ1) is 14.2. The summed E-state index contributed by atoms with van der Waals surface area (Å²) in [6.07, 6.45) is 1.42. The summed E-state index contributed by atoms with van der Waals surface area (Å²) in [5.41, 5.74) is 1.95. The van der Waals surface area contributed by atoms with Crippen molar-refractivity contribution in [2.75, 3.05) is 19.0 Å². The van der Waals surface area contributed by atoms with Gasteiger partial charge >= 0.3 is 0 Å². The van der Waals surface area contributed by atoms with Gasteiger partial charge < -0.3 is 19.2 Å². The summed E-state index contributed by atoms with van der Waals surface area (Å²) in [5.74, 6) is 0.589. The fourth-order valence-corrected chi connectivity index (χ4v) is 3.94. The van der Waals surface area contributed by atoms with E-state index in [1.54, 1.807) is 13.2 Å². The van der Waals surface area contributed by atoms with Gasteiger partial charge in [0.1, 0.15) is 28.1 Å². The number of aromatic nitrogens is 2. The van der Waals surface area contributed by atoms with Gasteiger partial charge in [-0.2, -0.15) is 0 Å². The van der Waals surface area contributed by atoms with Crippen LogP contribution in [-0.4, -0.2) is 29.6 Å². The number of anilines is 1. The van der Waals surface area contributed by atoms with Crippen LogP contribution in [0.2, 0.25) is 0 Å². The molecule has 0 radical (unpaired) electrons. The number of rotatable bonds is 5. The monoisotopic (exact) mass is 405 g/mol. The Labute approximate surface area is 168 Å². The molecule has 29 heavy (non-hydrogen) atoms. The van der Waals surface area contributed by atoms with E-state index in [2.05, 4.69) is 15.3 Å². The van der Waals surface area contributed by atoms with Gasteiger partial charge in [0.2, 0.25) is 5.88 Å². The number of methoxy groups -OCH3 is 1. The molecule has 0 bridgehead atoms. The van der Waals surface area contributed by atoms with E-state index < -0.39 is 0 Å². The molecule has 1 amide bonds. The van der Waals surface area contributed by atoms with Crippen LogP contribution in [0.1, 0.15) is 0 Å². The summed E-state index contributed by atoms with van der Waals surface area (Å²) >= 11 is 1.49. The Morgan fingerprint density at radius 3 is 2.90 bits per heavy atom. The number of carbonyl (C=O) groups excluding carboxylic acids is 1. The van der Waals surface area contributed by atoms with E-state index in [9.17, 15) is 4.79 Å². The molecule has 0 saturated carbocycles. The second kappa shape index (κ2) is 7.06. The number of thiophene rings is 1. The lowest BCUT2D eigenvalue weighted by atomic mass is 10.1. The number of hydrogen-bond acceptors (Lipinski definition) is 7. The van der Waals surface area contributed by atoms with Crippen LogP contribution in [0.5, 0.6) is 11.6 Å². The van der Waals surface area contributed by atoms with Crippen LogP contribution in [0, 0.1) is 0 Å². The number of carbonyl (C=O) groups is 1. The van der Waals surface area contributed by atoms with Crippen LogP contribution in [-0.2, 0) is 4.79 Å². The first kappa shape index (κ1) is 17.4. The van der Waals surface area contributed by atoms with Crippen LogP contribution in [0.3, 0.4) is 0 Å². The molecular formula is C21H15N3O4S. The third kappa shape index (κ3) is 3.13. The number of nitrogens with one attached hydrogen (secondary N) is 1. The maximum absolute atomic E-state index is 12.5. The van der Waals surface area contributed by atoms with Crippen molar-refractivity contribution < 1.29 is 18.7 Å². The topological polar surface area (TPSA) is 86.5 Å². The number of amides is 1. The number of nitrogens with zero attached hydrogens (tertiary/aromatic N) is 2. The van der Waals surface area contributed by atoms with Crippen LogP contribution in [0.25, 0.3) is 32.2 Å². The second-order valence-electron chi connectivity index (χ2n) is 6.30. The SMILES string of the molecule is COc1cc2c(cc1NC(=O)COc1ncnc3sccc13)oc1ccccc12. The molecule has 0 spiro atoms. The zero-order valence-electron chi connectivity index (χ0n) is 15.3. The predicted octanol–water partition coefficient (Wildman–Crippen LogP) is 4.62. The van der Waals surface area contributed by atoms with Crippen LogP contribution in [0.4, 0.5) is 5.69 Å². The summed E-state index contributed by atoms with van der Waals surface area (Å²) in [7, 11) is 1.56. The van der Waals surface area contributed by atoms with Gasteiger partial charge in [-0.25, -0.2) is 9.97 Å². The van der Waals surface area contributed by atoms with Crippen molar-refractivity contribution in [3.63, 3.8) is 0 Å². The summed E-state index contributed by atoms with van der Waals surface area (Å²) in [4.78, 5) is 21.6. The van der Waals surface area contributed by atoms with Gasteiger partial charge in [-0.05, 0) is 23.6 Å². The lowest BCUT2D eigenvalue weighted by Gasteiger charge is -2.11. The molecule has 2 aromatic carbocycles. The van der Waals surface area contributed by atoms with Crippen molar-refractivity contribution in [2.45, 2.75) is 0 Å². The molecule has 5 rings (SSSR count). The highest BCUT2D eigenvalue weighted by Gasteiger charge is 2.15. The number of hydrogen-bond donors (Lipinski definition) is 1. The van der Waals surface area contributed by atoms with E-state index in [1.807, 2.05) is 41.8 Å².